The number of nitrogens with zero attached hydrogens (tertiary/aromatic N) is 2. The summed E-state index contributed by atoms with van der Waals surface area (Å²) in [7, 11) is 0. The second kappa shape index (κ2) is 4.99. The average molecular weight is 242 g/mol. The SMILES string of the molecule is NCc1ccnc(N(CCO)C2CC2)c1Cl. The monoisotopic (exact) mass is 241 g/mol. The largest absolute Gasteiger partial charge is 0.395 e. The molecule has 0 unspecified atom stereocenters. The summed E-state index contributed by atoms with van der Waals surface area (Å²) >= 11 is 6.25. The van der Waals surface area contributed by atoms with Gasteiger partial charge >= 0.3 is 0 Å². The van der Waals surface area contributed by atoms with Crippen molar-refractivity contribution in [1.29, 1.82) is 0 Å². The predicted octanol–water partition coefficient (Wildman–Crippen LogP) is 1.15. The van der Waals surface area contributed by atoms with Crippen LogP contribution < -0.4 is 10.6 Å². The van der Waals surface area contributed by atoms with Crippen molar-refractivity contribution in [2.45, 2.75) is 25.4 Å². The minimum absolute atomic E-state index is 0.112. The van der Waals surface area contributed by atoms with Crippen molar-refractivity contribution in [3.05, 3.63) is 22.8 Å². The standard InChI is InChI=1S/C11H16ClN3O/c12-10-8(7-13)3-4-14-11(10)15(5-6-16)9-1-2-9/h3-4,9,16H,1-2,5-7,13H2. The van der Waals surface area contributed by atoms with E-state index in [1.807, 2.05) is 6.07 Å². The van der Waals surface area contributed by atoms with Gasteiger partial charge in [-0.05, 0) is 24.5 Å². The molecule has 88 valence electrons. The fourth-order valence-electron chi connectivity index (χ4n) is 1.78. The maximum atomic E-state index is 9.05. The summed E-state index contributed by atoms with van der Waals surface area (Å²) in [6, 6.07) is 2.31. The highest BCUT2D eigenvalue weighted by atomic mass is 35.5. The van der Waals surface area contributed by atoms with Crippen LogP contribution in [-0.4, -0.2) is 29.3 Å². The summed E-state index contributed by atoms with van der Waals surface area (Å²) in [6.45, 7) is 1.10. The Bertz CT molecular complexity index is 368. The van der Waals surface area contributed by atoms with Crippen LogP contribution in [0.15, 0.2) is 12.3 Å². The van der Waals surface area contributed by atoms with Crippen molar-refractivity contribution in [3.63, 3.8) is 0 Å². The Labute approximate surface area is 100 Å². The van der Waals surface area contributed by atoms with Gasteiger partial charge in [-0.1, -0.05) is 11.6 Å². The van der Waals surface area contributed by atoms with Crippen LogP contribution in [0.2, 0.25) is 5.02 Å². The molecule has 1 aromatic heterocycles. The van der Waals surface area contributed by atoms with Gasteiger partial charge in [0.15, 0.2) is 0 Å². The van der Waals surface area contributed by atoms with Gasteiger partial charge in [0, 0.05) is 25.3 Å². The molecular weight excluding hydrogens is 226 g/mol. The van der Waals surface area contributed by atoms with Crippen molar-refractivity contribution >= 4 is 17.4 Å². The molecule has 3 N–H and O–H groups in total. The molecule has 16 heavy (non-hydrogen) atoms. The van der Waals surface area contributed by atoms with Crippen LogP contribution >= 0.6 is 11.6 Å². The molecule has 2 rings (SSSR count). The van der Waals surface area contributed by atoms with E-state index >= 15 is 0 Å². The molecule has 1 saturated carbocycles. The topological polar surface area (TPSA) is 62.4 Å². The first-order valence-electron chi connectivity index (χ1n) is 5.49. The number of aromatic nitrogens is 1. The lowest BCUT2D eigenvalue weighted by atomic mass is 10.2. The minimum Gasteiger partial charge on any atom is -0.395 e. The lowest BCUT2D eigenvalue weighted by Gasteiger charge is -2.24. The number of halogens is 1. The van der Waals surface area contributed by atoms with Gasteiger partial charge in [0.2, 0.25) is 0 Å². The van der Waals surface area contributed by atoms with Gasteiger partial charge in [0.1, 0.15) is 5.82 Å². The van der Waals surface area contributed by atoms with E-state index in [0.29, 0.717) is 24.2 Å². The number of anilines is 1. The number of rotatable bonds is 5. The van der Waals surface area contributed by atoms with Crippen molar-refractivity contribution in [1.82, 2.24) is 4.98 Å². The molecule has 0 amide bonds. The molecule has 1 fully saturated rings. The number of hydrogen-bond donors (Lipinski definition) is 2. The molecule has 0 spiro atoms. The lowest BCUT2D eigenvalue weighted by Crippen LogP contribution is -2.30. The van der Waals surface area contributed by atoms with Gasteiger partial charge < -0.3 is 15.7 Å². The Morgan fingerprint density at radius 3 is 2.88 bits per heavy atom. The summed E-state index contributed by atoms with van der Waals surface area (Å²) in [5.41, 5.74) is 6.50. The van der Waals surface area contributed by atoms with Gasteiger partial charge in [0.05, 0.1) is 11.6 Å². The summed E-state index contributed by atoms with van der Waals surface area (Å²) in [4.78, 5) is 6.37. The normalized spacial score (nSPS) is 15.2. The average Bonchev–Trinajstić information content (AvgIpc) is 3.11. The molecule has 4 nitrogen and oxygen atoms in total. The maximum absolute atomic E-state index is 9.05. The van der Waals surface area contributed by atoms with Gasteiger partial charge in [-0.15, -0.1) is 0 Å². The molecule has 0 aromatic carbocycles. The van der Waals surface area contributed by atoms with Crippen LogP contribution in [0.5, 0.6) is 0 Å². The van der Waals surface area contributed by atoms with Crippen LogP contribution in [0.1, 0.15) is 18.4 Å². The highest BCUT2D eigenvalue weighted by Gasteiger charge is 2.31. The number of nitrogens with two attached hydrogens (primary N) is 1. The van der Waals surface area contributed by atoms with E-state index in [0.717, 1.165) is 24.2 Å². The number of aliphatic hydroxyl groups excluding tert-OH is 1. The number of pyridine rings is 1. The lowest BCUT2D eigenvalue weighted by molar-refractivity contribution is 0.301. The van der Waals surface area contributed by atoms with E-state index in [9.17, 15) is 0 Å². The molecule has 1 aliphatic rings. The molecule has 0 aliphatic heterocycles. The molecule has 5 heteroatoms. The fraction of sp³-hybridized carbons (Fsp3) is 0.545. The summed E-state index contributed by atoms with van der Waals surface area (Å²) in [5, 5.41) is 9.67. The van der Waals surface area contributed by atoms with Crippen LogP contribution in [0.3, 0.4) is 0 Å². The number of hydrogen-bond acceptors (Lipinski definition) is 4. The zero-order valence-corrected chi connectivity index (χ0v) is 9.82. The summed E-state index contributed by atoms with van der Waals surface area (Å²) in [6.07, 6.45) is 4.01. The molecule has 1 heterocycles. The highest BCUT2D eigenvalue weighted by Crippen LogP contribution is 2.35. The molecule has 1 aromatic rings. The Morgan fingerprint density at radius 1 is 1.56 bits per heavy atom. The van der Waals surface area contributed by atoms with Gasteiger partial charge in [0.25, 0.3) is 0 Å². The van der Waals surface area contributed by atoms with Crippen LogP contribution in [-0.2, 0) is 6.54 Å². The first-order valence-corrected chi connectivity index (χ1v) is 5.86. The van der Waals surface area contributed by atoms with E-state index in [2.05, 4.69) is 9.88 Å². The van der Waals surface area contributed by atoms with Crippen LogP contribution in [0.25, 0.3) is 0 Å². The first-order chi connectivity index (χ1) is 7.77. The zero-order valence-electron chi connectivity index (χ0n) is 9.06. The van der Waals surface area contributed by atoms with E-state index in [-0.39, 0.29) is 6.61 Å². The zero-order chi connectivity index (χ0) is 11.5. The van der Waals surface area contributed by atoms with Crippen molar-refractivity contribution in [3.8, 4) is 0 Å². The first kappa shape index (κ1) is 11.6. The van der Waals surface area contributed by atoms with Crippen molar-refractivity contribution in [2.75, 3.05) is 18.1 Å². The third kappa shape index (κ3) is 2.29. The van der Waals surface area contributed by atoms with E-state index in [1.54, 1.807) is 6.20 Å². The quantitative estimate of drug-likeness (QED) is 0.812. The van der Waals surface area contributed by atoms with Crippen LogP contribution in [0, 0.1) is 0 Å². The Balaban J connectivity index is 2.29. The third-order valence-corrected chi connectivity index (χ3v) is 3.18. The second-order valence-corrected chi connectivity index (χ2v) is 4.34. The highest BCUT2D eigenvalue weighted by molar-refractivity contribution is 6.33. The van der Waals surface area contributed by atoms with Gasteiger partial charge in [-0.2, -0.15) is 0 Å². The molecule has 1 aliphatic carbocycles. The summed E-state index contributed by atoms with van der Waals surface area (Å²) in [5.74, 6) is 0.751. The van der Waals surface area contributed by atoms with E-state index < -0.39 is 0 Å². The molecule has 0 radical (unpaired) electrons. The Kier molecular flexibility index (Phi) is 3.63. The Morgan fingerprint density at radius 2 is 2.31 bits per heavy atom. The summed E-state index contributed by atoms with van der Waals surface area (Å²) < 4.78 is 0. The maximum Gasteiger partial charge on any atom is 0.148 e. The predicted molar refractivity (Wildman–Crippen MR) is 64.6 cm³/mol. The third-order valence-electron chi connectivity index (χ3n) is 2.77. The van der Waals surface area contributed by atoms with Crippen molar-refractivity contribution < 1.29 is 5.11 Å². The van der Waals surface area contributed by atoms with Gasteiger partial charge in [-0.3, -0.25) is 0 Å². The van der Waals surface area contributed by atoms with E-state index in [1.165, 1.54) is 0 Å². The smallest absolute Gasteiger partial charge is 0.148 e. The van der Waals surface area contributed by atoms with Crippen molar-refractivity contribution in [2.24, 2.45) is 5.73 Å². The van der Waals surface area contributed by atoms with Gasteiger partial charge in [-0.25, -0.2) is 4.98 Å². The Hall–Kier alpha value is -0.840. The molecule has 0 saturated heterocycles. The molecule has 0 atom stereocenters. The second-order valence-electron chi connectivity index (χ2n) is 3.96. The molecular formula is C11H16ClN3O. The molecule has 0 bridgehead atoms. The van der Waals surface area contributed by atoms with E-state index in [4.69, 9.17) is 22.4 Å². The van der Waals surface area contributed by atoms with Crippen LogP contribution in [0.4, 0.5) is 5.82 Å². The fourth-order valence-corrected chi connectivity index (χ4v) is 2.08. The minimum atomic E-state index is 0.112. The number of aliphatic hydroxyl groups is 1.